The van der Waals surface area contributed by atoms with Crippen LogP contribution in [0.1, 0.15) is 27.5 Å². The van der Waals surface area contributed by atoms with Crippen molar-refractivity contribution in [2.75, 3.05) is 33.8 Å². The van der Waals surface area contributed by atoms with Gasteiger partial charge in [-0.1, -0.05) is 11.6 Å². The van der Waals surface area contributed by atoms with Crippen molar-refractivity contribution in [1.29, 1.82) is 0 Å². The van der Waals surface area contributed by atoms with Crippen LogP contribution >= 0.6 is 11.6 Å². The minimum absolute atomic E-state index is 0.0310. The van der Waals surface area contributed by atoms with Gasteiger partial charge >= 0.3 is 0 Å². The lowest BCUT2D eigenvalue weighted by Crippen LogP contribution is -2.51. The van der Waals surface area contributed by atoms with Crippen LogP contribution in [0.4, 0.5) is 0 Å². The summed E-state index contributed by atoms with van der Waals surface area (Å²) in [5.74, 6) is -0.0310. The minimum atomic E-state index is -0.188. The third-order valence-electron chi connectivity index (χ3n) is 4.51. The zero-order chi connectivity index (χ0) is 18.8. The standard InChI is InChI=1S/C19H25ClN4O2/c1-13-7-14(9-16(20)8-13)19(25)24-5-6-26-17(12-22(2)3)18(24)15-10-21-23(4)11-15/h7-11,17-18H,5-6,12H2,1-4H3/t17-,18-/m0/s1. The van der Waals surface area contributed by atoms with Crippen LogP contribution in [-0.2, 0) is 11.8 Å². The molecule has 0 saturated carbocycles. The van der Waals surface area contributed by atoms with Crippen LogP contribution in [-0.4, -0.2) is 65.4 Å². The van der Waals surface area contributed by atoms with Crippen LogP contribution in [0, 0.1) is 6.92 Å². The molecule has 1 aromatic carbocycles. The Balaban J connectivity index is 1.97. The Morgan fingerprint density at radius 1 is 1.38 bits per heavy atom. The molecule has 0 N–H and O–H groups in total. The smallest absolute Gasteiger partial charge is 0.254 e. The van der Waals surface area contributed by atoms with Crippen molar-refractivity contribution in [3.63, 3.8) is 0 Å². The fourth-order valence-corrected chi connectivity index (χ4v) is 3.78. The maximum Gasteiger partial charge on any atom is 0.254 e. The number of aromatic nitrogens is 2. The van der Waals surface area contributed by atoms with Crippen molar-refractivity contribution in [2.45, 2.75) is 19.1 Å². The minimum Gasteiger partial charge on any atom is -0.373 e. The van der Waals surface area contributed by atoms with Gasteiger partial charge in [-0.3, -0.25) is 9.48 Å². The molecule has 2 heterocycles. The van der Waals surface area contributed by atoms with Crippen LogP contribution in [0.2, 0.25) is 5.02 Å². The summed E-state index contributed by atoms with van der Waals surface area (Å²) in [5.41, 5.74) is 2.55. The average Bonchev–Trinajstić information content (AvgIpc) is 2.98. The monoisotopic (exact) mass is 376 g/mol. The number of hydrogen-bond acceptors (Lipinski definition) is 4. The fraction of sp³-hybridized carbons (Fsp3) is 0.474. The van der Waals surface area contributed by atoms with Crippen molar-refractivity contribution in [2.24, 2.45) is 7.05 Å². The highest BCUT2D eigenvalue weighted by molar-refractivity contribution is 6.31. The average molecular weight is 377 g/mol. The first kappa shape index (κ1) is 18.9. The number of rotatable bonds is 4. The molecule has 140 valence electrons. The van der Waals surface area contributed by atoms with Gasteiger partial charge in [0.05, 0.1) is 24.9 Å². The first-order chi connectivity index (χ1) is 12.3. The molecule has 26 heavy (non-hydrogen) atoms. The SMILES string of the molecule is Cc1cc(Cl)cc(C(=O)N2CCO[C@@H](CN(C)C)[C@@H]2c2cnn(C)c2)c1. The molecule has 0 spiro atoms. The van der Waals surface area contributed by atoms with Crippen molar-refractivity contribution in [1.82, 2.24) is 19.6 Å². The highest BCUT2D eigenvalue weighted by Gasteiger charge is 2.37. The van der Waals surface area contributed by atoms with Crippen LogP contribution < -0.4 is 0 Å². The van der Waals surface area contributed by atoms with Gasteiger partial charge in [0.2, 0.25) is 0 Å². The van der Waals surface area contributed by atoms with Crippen LogP contribution in [0.3, 0.4) is 0 Å². The highest BCUT2D eigenvalue weighted by atomic mass is 35.5. The second-order valence-electron chi connectivity index (χ2n) is 7.08. The molecule has 7 heteroatoms. The number of ether oxygens (including phenoxy) is 1. The molecule has 3 rings (SSSR count). The van der Waals surface area contributed by atoms with Gasteiger partial charge in [-0.2, -0.15) is 5.10 Å². The van der Waals surface area contributed by atoms with E-state index in [1.54, 1.807) is 10.7 Å². The van der Waals surface area contributed by atoms with E-state index in [9.17, 15) is 4.79 Å². The number of amides is 1. The van der Waals surface area contributed by atoms with Gasteiger partial charge in [0.25, 0.3) is 5.91 Å². The molecule has 2 atom stereocenters. The second kappa shape index (κ2) is 7.78. The van der Waals surface area contributed by atoms with Crippen molar-refractivity contribution < 1.29 is 9.53 Å². The second-order valence-corrected chi connectivity index (χ2v) is 7.52. The lowest BCUT2D eigenvalue weighted by atomic mass is 9.99. The molecular formula is C19H25ClN4O2. The quantitative estimate of drug-likeness (QED) is 0.822. The molecule has 0 radical (unpaired) electrons. The van der Waals surface area contributed by atoms with Crippen molar-refractivity contribution in [3.8, 4) is 0 Å². The van der Waals surface area contributed by atoms with E-state index in [0.29, 0.717) is 23.7 Å². The van der Waals surface area contributed by atoms with Crippen LogP contribution in [0.25, 0.3) is 0 Å². The van der Waals surface area contributed by atoms with E-state index in [2.05, 4.69) is 10.00 Å². The van der Waals surface area contributed by atoms with E-state index in [0.717, 1.165) is 17.7 Å². The first-order valence-electron chi connectivity index (χ1n) is 8.68. The number of hydrogen-bond donors (Lipinski definition) is 0. The normalized spacial score (nSPS) is 20.6. The van der Waals surface area contributed by atoms with Crippen molar-refractivity contribution >= 4 is 17.5 Å². The maximum atomic E-state index is 13.3. The Labute approximate surface area is 159 Å². The van der Waals surface area contributed by atoms with E-state index >= 15 is 0 Å². The number of nitrogens with zero attached hydrogens (tertiary/aromatic N) is 4. The Kier molecular flexibility index (Phi) is 5.65. The molecule has 0 bridgehead atoms. The molecular weight excluding hydrogens is 352 g/mol. The lowest BCUT2D eigenvalue weighted by molar-refractivity contribution is -0.0684. The number of halogens is 1. The largest absolute Gasteiger partial charge is 0.373 e. The molecule has 1 fully saturated rings. The fourth-order valence-electron chi connectivity index (χ4n) is 3.49. The Hall–Kier alpha value is -1.89. The summed E-state index contributed by atoms with van der Waals surface area (Å²) in [7, 11) is 5.89. The Bertz CT molecular complexity index is 769. The molecule has 6 nitrogen and oxygen atoms in total. The first-order valence-corrected chi connectivity index (χ1v) is 9.06. The van der Waals surface area contributed by atoms with Gasteiger partial charge in [-0.05, 0) is 44.8 Å². The summed E-state index contributed by atoms with van der Waals surface area (Å²) >= 11 is 6.17. The van der Waals surface area contributed by atoms with Crippen LogP contribution in [0.15, 0.2) is 30.6 Å². The molecule has 0 unspecified atom stereocenters. The van der Waals surface area contributed by atoms with Gasteiger partial charge in [0.1, 0.15) is 0 Å². The third-order valence-corrected chi connectivity index (χ3v) is 4.73. The molecule has 1 amide bonds. The molecule has 2 aromatic rings. The highest BCUT2D eigenvalue weighted by Crippen LogP contribution is 2.31. The number of carbonyl (C=O) groups is 1. The van der Waals surface area contributed by atoms with E-state index in [1.165, 1.54) is 0 Å². The number of aryl methyl sites for hydroxylation is 2. The third kappa shape index (κ3) is 4.09. The summed E-state index contributed by atoms with van der Waals surface area (Å²) in [6, 6.07) is 5.27. The van der Waals surface area contributed by atoms with Gasteiger partial charge in [-0.25, -0.2) is 0 Å². The number of benzene rings is 1. The topological polar surface area (TPSA) is 50.6 Å². The van der Waals surface area contributed by atoms with E-state index in [4.69, 9.17) is 16.3 Å². The van der Waals surface area contributed by atoms with E-state index in [1.807, 2.05) is 57.5 Å². The molecule has 1 saturated heterocycles. The summed E-state index contributed by atoms with van der Waals surface area (Å²) in [5, 5.41) is 4.86. The van der Waals surface area contributed by atoms with Gasteiger partial charge in [0.15, 0.2) is 0 Å². The van der Waals surface area contributed by atoms with Gasteiger partial charge < -0.3 is 14.5 Å². The number of likely N-dealkylation sites (N-methyl/N-ethyl adjacent to an activating group) is 1. The Morgan fingerprint density at radius 2 is 2.15 bits per heavy atom. The van der Waals surface area contributed by atoms with Gasteiger partial charge in [0, 0.05) is 42.5 Å². The molecule has 1 aromatic heterocycles. The zero-order valence-electron chi connectivity index (χ0n) is 15.6. The molecule has 1 aliphatic heterocycles. The number of carbonyl (C=O) groups excluding carboxylic acids is 1. The van der Waals surface area contributed by atoms with E-state index in [-0.39, 0.29) is 18.1 Å². The predicted molar refractivity (Wildman–Crippen MR) is 101 cm³/mol. The lowest BCUT2D eigenvalue weighted by Gasteiger charge is -2.42. The number of morpholine rings is 1. The zero-order valence-corrected chi connectivity index (χ0v) is 16.4. The summed E-state index contributed by atoms with van der Waals surface area (Å²) in [6.45, 7) is 3.71. The van der Waals surface area contributed by atoms with Gasteiger partial charge in [-0.15, -0.1) is 0 Å². The molecule has 0 aliphatic carbocycles. The van der Waals surface area contributed by atoms with Crippen LogP contribution in [0.5, 0.6) is 0 Å². The Morgan fingerprint density at radius 3 is 2.77 bits per heavy atom. The summed E-state index contributed by atoms with van der Waals surface area (Å²) < 4.78 is 7.78. The summed E-state index contributed by atoms with van der Waals surface area (Å²) in [4.78, 5) is 17.3. The predicted octanol–water partition coefficient (Wildman–Crippen LogP) is 2.53. The summed E-state index contributed by atoms with van der Waals surface area (Å²) in [6.07, 6.45) is 3.64. The van der Waals surface area contributed by atoms with Crippen molar-refractivity contribution in [3.05, 3.63) is 52.3 Å². The van der Waals surface area contributed by atoms with E-state index < -0.39 is 0 Å². The molecule has 1 aliphatic rings. The maximum absolute atomic E-state index is 13.3.